The molecule has 0 radical (unpaired) electrons. The van der Waals surface area contributed by atoms with E-state index in [1.807, 2.05) is 26.0 Å². The second-order valence-electron chi connectivity index (χ2n) is 4.82. The smallest absolute Gasteiger partial charge is 0.262 e. The first-order chi connectivity index (χ1) is 11.6. The summed E-state index contributed by atoms with van der Waals surface area (Å²) >= 11 is 3.36. The normalized spacial score (nSPS) is 10.1. The summed E-state index contributed by atoms with van der Waals surface area (Å²) in [7, 11) is 0. The average molecular weight is 394 g/mol. The Morgan fingerprint density at radius 3 is 2.46 bits per heavy atom. The van der Waals surface area contributed by atoms with E-state index in [2.05, 4.69) is 21.2 Å². The summed E-state index contributed by atoms with van der Waals surface area (Å²) in [6, 6.07) is 12.6. The number of hydrogen-bond acceptors (Lipinski definition) is 4. The average Bonchev–Trinajstić information content (AvgIpc) is 2.56. The van der Waals surface area contributed by atoms with Crippen LogP contribution in [0.5, 0.6) is 17.2 Å². The van der Waals surface area contributed by atoms with Gasteiger partial charge in [-0.25, -0.2) is 0 Å². The molecule has 1 N–H and O–H groups in total. The van der Waals surface area contributed by atoms with Crippen LogP contribution < -0.4 is 19.5 Å². The van der Waals surface area contributed by atoms with E-state index in [9.17, 15) is 4.79 Å². The van der Waals surface area contributed by atoms with Crippen molar-refractivity contribution < 1.29 is 19.0 Å². The minimum Gasteiger partial charge on any atom is -0.490 e. The molecule has 0 unspecified atom stereocenters. The number of benzene rings is 2. The van der Waals surface area contributed by atoms with Crippen molar-refractivity contribution in [3.8, 4) is 17.2 Å². The molecular weight excluding hydrogens is 374 g/mol. The van der Waals surface area contributed by atoms with Crippen molar-refractivity contribution in [1.82, 2.24) is 0 Å². The number of rotatable bonds is 8. The Morgan fingerprint density at radius 2 is 1.75 bits per heavy atom. The SMILES string of the molecule is CCOc1ccc(NC(=O)COc2cccc(Br)c2)cc1OCC. The van der Waals surface area contributed by atoms with Gasteiger partial charge in [-0.05, 0) is 44.2 Å². The molecular formula is C18H20BrNO4. The van der Waals surface area contributed by atoms with E-state index in [0.717, 1.165) is 4.47 Å². The number of hydrogen-bond donors (Lipinski definition) is 1. The Morgan fingerprint density at radius 1 is 1.00 bits per heavy atom. The third-order valence-electron chi connectivity index (χ3n) is 2.99. The lowest BCUT2D eigenvalue weighted by atomic mass is 10.2. The van der Waals surface area contributed by atoms with Crippen LogP contribution in [0, 0.1) is 0 Å². The highest BCUT2D eigenvalue weighted by Crippen LogP contribution is 2.30. The Balaban J connectivity index is 1.96. The molecule has 2 rings (SSSR count). The predicted molar refractivity (Wildman–Crippen MR) is 97.0 cm³/mol. The van der Waals surface area contributed by atoms with E-state index in [1.165, 1.54) is 0 Å². The molecule has 0 aliphatic rings. The Kier molecular flexibility index (Phi) is 6.93. The monoisotopic (exact) mass is 393 g/mol. The fourth-order valence-electron chi connectivity index (χ4n) is 2.03. The molecule has 0 heterocycles. The highest BCUT2D eigenvalue weighted by atomic mass is 79.9. The second kappa shape index (κ2) is 9.17. The van der Waals surface area contributed by atoms with Gasteiger partial charge in [0.2, 0.25) is 0 Å². The number of amides is 1. The van der Waals surface area contributed by atoms with Gasteiger partial charge >= 0.3 is 0 Å². The van der Waals surface area contributed by atoms with Crippen LogP contribution in [-0.4, -0.2) is 25.7 Å². The van der Waals surface area contributed by atoms with Gasteiger partial charge in [-0.15, -0.1) is 0 Å². The van der Waals surface area contributed by atoms with Gasteiger partial charge < -0.3 is 19.5 Å². The van der Waals surface area contributed by atoms with Gasteiger partial charge in [0, 0.05) is 16.2 Å². The first kappa shape index (κ1) is 18.1. The number of carbonyl (C=O) groups excluding carboxylic acids is 1. The minimum atomic E-state index is -0.249. The van der Waals surface area contributed by atoms with Crippen LogP contribution in [0.1, 0.15) is 13.8 Å². The van der Waals surface area contributed by atoms with Gasteiger partial charge in [-0.2, -0.15) is 0 Å². The van der Waals surface area contributed by atoms with Crippen molar-refractivity contribution in [3.05, 3.63) is 46.9 Å². The first-order valence-electron chi connectivity index (χ1n) is 7.70. The number of ether oxygens (including phenoxy) is 3. The van der Waals surface area contributed by atoms with E-state index < -0.39 is 0 Å². The van der Waals surface area contributed by atoms with Crippen molar-refractivity contribution in [3.63, 3.8) is 0 Å². The summed E-state index contributed by atoms with van der Waals surface area (Å²) < 4.78 is 17.4. The van der Waals surface area contributed by atoms with Crippen LogP contribution >= 0.6 is 15.9 Å². The molecule has 1 amide bonds. The summed E-state index contributed by atoms with van der Waals surface area (Å²) in [5, 5.41) is 2.78. The van der Waals surface area contributed by atoms with Gasteiger partial charge in [0.1, 0.15) is 5.75 Å². The van der Waals surface area contributed by atoms with E-state index in [0.29, 0.717) is 36.1 Å². The Bertz CT molecular complexity index is 690. The third-order valence-corrected chi connectivity index (χ3v) is 3.49. The van der Waals surface area contributed by atoms with Crippen molar-refractivity contribution in [2.24, 2.45) is 0 Å². The quantitative estimate of drug-likeness (QED) is 0.727. The van der Waals surface area contributed by atoms with E-state index in [4.69, 9.17) is 14.2 Å². The lowest BCUT2D eigenvalue weighted by Gasteiger charge is -2.13. The largest absolute Gasteiger partial charge is 0.490 e. The molecule has 5 nitrogen and oxygen atoms in total. The molecule has 0 atom stereocenters. The molecule has 0 saturated carbocycles. The molecule has 0 aliphatic carbocycles. The molecule has 0 saturated heterocycles. The van der Waals surface area contributed by atoms with E-state index in [-0.39, 0.29) is 12.5 Å². The number of halogens is 1. The molecule has 0 fully saturated rings. The lowest BCUT2D eigenvalue weighted by molar-refractivity contribution is -0.118. The van der Waals surface area contributed by atoms with Crippen LogP contribution in [-0.2, 0) is 4.79 Å². The minimum absolute atomic E-state index is 0.0758. The lowest BCUT2D eigenvalue weighted by Crippen LogP contribution is -2.20. The van der Waals surface area contributed by atoms with Crippen LogP contribution in [0.2, 0.25) is 0 Å². The number of carbonyl (C=O) groups is 1. The zero-order valence-electron chi connectivity index (χ0n) is 13.7. The van der Waals surface area contributed by atoms with E-state index in [1.54, 1.807) is 30.3 Å². The van der Waals surface area contributed by atoms with Gasteiger partial charge in [-0.1, -0.05) is 22.0 Å². The molecule has 24 heavy (non-hydrogen) atoms. The van der Waals surface area contributed by atoms with Gasteiger partial charge in [0.25, 0.3) is 5.91 Å². The highest BCUT2D eigenvalue weighted by Gasteiger charge is 2.09. The fourth-order valence-corrected chi connectivity index (χ4v) is 2.41. The summed E-state index contributed by atoms with van der Waals surface area (Å²) in [5.74, 6) is 1.63. The molecule has 128 valence electrons. The van der Waals surface area contributed by atoms with Gasteiger partial charge in [0.15, 0.2) is 18.1 Å². The summed E-state index contributed by atoms with van der Waals surface area (Å²) in [5.41, 5.74) is 0.629. The maximum absolute atomic E-state index is 12.0. The van der Waals surface area contributed by atoms with Crippen LogP contribution in [0.15, 0.2) is 46.9 Å². The van der Waals surface area contributed by atoms with E-state index >= 15 is 0 Å². The van der Waals surface area contributed by atoms with Crippen LogP contribution in [0.25, 0.3) is 0 Å². The Hall–Kier alpha value is -2.21. The van der Waals surface area contributed by atoms with Crippen molar-refractivity contribution in [2.75, 3.05) is 25.1 Å². The predicted octanol–water partition coefficient (Wildman–Crippen LogP) is 4.26. The molecule has 6 heteroatoms. The zero-order valence-corrected chi connectivity index (χ0v) is 15.3. The molecule has 2 aromatic carbocycles. The first-order valence-corrected chi connectivity index (χ1v) is 8.49. The third kappa shape index (κ3) is 5.45. The zero-order chi connectivity index (χ0) is 17.4. The molecule has 0 aromatic heterocycles. The maximum Gasteiger partial charge on any atom is 0.262 e. The standard InChI is InChI=1S/C18H20BrNO4/c1-3-22-16-9-8-14(11-17(16)23-4-2)20-18(21)12-24-15-7-5-6-13(19)10-15/h5-11H,3-4,12H2,1-2H3,(H,20,21). The number of anilines is 1. The molecule has 0 spiro atoms. The topological polar surface area (TPSA) is 56.8 Å². The van der Waals surface area contributed by atoms with Gasteiger partial charge in [0.05, 0.1) is 13.2 Å². The van der Waals surface area contributed by atoms with Crippen molar-refractivity contribution in [1.29, 1.82) is 0 Å². The van der Waals surface area contributed by atoms with Crippen LogP contribution in [0.4, 0.5) is 5.69 Å². The maximum atomic E-state index is 12.0. The van der Waals surface area contributed by atoms with Gasteiger partial charge in [-0.3, -0.25) is 4.79 Å². The molecule has 2 aromatic rings. The molecule has 0 bridgehead atoms. The second-order valence-corrected chi connectivity index (χ2v) is 5.74. The summed E-state index contributed by atoms with van der Waals surface area (Å²) in [6.45, 7) is 4.79. The molecule has 0 aliphatic heterocycles. The highest BCUT2D eigenvalue weighted by molar-refractivity contribution is 9.10. The summed E-state index contributed by atoms with van der Waals surface area (Å²) in [6.07, 6.45) is 0. The van der Waals surface area contributed by atoms with Crippen LogP contribution in [0.3, 0.4) is 0 Å². The van der Waals surface area contributed by atoms with Crippen molar-refractivity contribution in [2.45, 2.75) is 13.8 Å². The fraction of sp³-hybridized carbons (Fsp3) is 0.278. The summed E-state index contributed by atoms with van der Waals surface area (Å²) in [4.78, 5) is 12.0. The number of nitrogens with one attached hydrogen (secondary N) is 1. The Labute approximate surface area is 150 Å². The van der Waals surface area contributed by atoms with Crippen molar-refractivity contribution >= 4 is 27.5 Å².